The highest BCUT2D eigenvalue weighted by molar-refractivity contribution is 14.1. The zero-order chi connectivity index (χ0) is 12.6. The summed E-state index contributed by atoms with van der Waals surface area (Å²) in [4.78, 5) is 18.2. The van der Waals surface area contributed by atoms with Gasteiger partial charge in [0.1, 0.15) is 5.82 Å². The van der Waals surface area contributed by atoms with Crippen LogP contribution in [0.4, 0.5) is 5.82 Å². The van der Waals surface area contributed by atoms with E-state index < -0.39 is 0 Å². The molecule has 18 heavy (non-hydrogen) atoms. The Hall–Kier alpha value is -0.850. The van der Waals surface area contributed by atoms with E-state index >= 15 is 0 Å². The molecule has 0 atom stereocenters. The highest BCUT2D eigenvalue weighted by atomic mass is 127. The number of amides is 1. The predicted molar refractivity (Wildman–Crippen MR) is 78.5 cm³/mol. The van der Waals surface area contributed by atoms with Crippen molar-refractivity contribution in [1.82, 2.24) is 10.3 Å². The van der Waals surface area contributed by atoms with Gasteiger partial charge < -0.3 is 10.2 Å². The lowest BCUT2D eigenvalue weighted by Crippen LogP contribution is -2.41. The topological polar surface area (TPSA) is 45.2 Å². The molecular formula is C13H16IN3O. The average molecular weight is 357 g/mol. The Balaban J connectivity index is 1.66. The number of carbonyl (C=O) groups excluding carboxylic acids is 1. The molecule has 0 aromatic carbocycles. The van der Waals surface area contributed by atoms with Gasteiger partial charge in [-0.3, -0.25) is 4.79 Å². The van der Waals surface area contributed by atoms with Gasteiger partial charge in [-0.05, 0) is 53.0 Å². The lowest BCUT2D eigenvalue weighted by atomic mass is 9.78. The molecule has 0 radical (unpaired) electrons. The largest absolute Gasteiger partial charge is 0.357 e. The van der Waals surface area contributed by atoms with E-state index in [1.54, 1.807) is 0 Å². The number of carbonyl (C=O) groups is 1. The second kappa shape index (κ2) is 4.68. The molecular weight excluding hydrogens is 341 g/mol. The predicted octanol–water partition coefficient (Wildman–Crippen LogP) is 1.79. The summed E-state index contributed by atoms with van der Waals surface area (Å²) in [5, 5.41) is 2.97. The molecule has 0 aliphatic carbocycles. The number of hydrogen-bond acceptors (Lipinski definition) is 3. The molecule has 5 heteroatoms. The van der Waals surface area contributed by atoms with E-state index in [-0.39, 0.29) is 11.3 Å². The summed E-state index contributed by atoms with van der Waals surface area (Å²) >= 11 is 2.27. The standard InChI is InChI=1S/C13H16IN3O/c14-10-1-2-11(15-8-10)17-5-3-13(4-6-17)7-12(18)16-9-13/h1-2,8H,3-7,9H2,(H,16,18). The number of aromatic nitrogens is 1. The Morgan fingerprint density at radius 1 is 1.33 bits per heavy atom. The molecule has 2 saturated heterocycles. The number of rotatable bonds is 1. The van der Waals surface area contributed by atoms with Crippen LogP contribution in [0.25, 0.3) is 0 Å². The Morgan fingerprint density at radius 2 is 2.11 bits per heavy atom. The van der Waals surface area contributed by atoms with Gasteiger partial charge in [-0.2, -0.15) is 0 Å². The summed E-state index contributed by atoms with van der Waals surface area (Å²) in [7, 11) is 0. The van der Waals surface area contributed by atoms with Crippen LogP contribution in [-0.4, -0.2) is 30.5 Å². The second-order valence-corrected chi connectivity index (χ2v) is 6.52. The van der Waals surface area contributed by atoms with Crippen molar-refractivity contribution < 1.29 is 4.79 Å². The van der Waals surface area contributed by atoms with Gasteiger partial charge in [0.15, 0.2) is 0 Å². The molecule has 0 saturated carbocycles. The van der Waals surface area contributed by atoms with Crippen LogP contribution >= 0.6 is 22.6 Å². The van der Waals surface area contributed by atoms with Gasteiger partial charge in [0.2, 0.25) is 5.91 Å². The van der Waals surface area contributed by atoms with Crippen molar-refractivity contribution in [3.05, 3.63) is 21.9 Å². The van der Waals surface area contributed by atoms with Gasteiger partial charge in [-0.1, -0.05) is 0 Å². The Morgan fingerprint density at radius 3 is 2.67 bits per heavy atom. The number of nitrogens with one attached hydrogen (secondary N) is 1. The van der Waals surface area contributed by atoms with Gasteiger partial charge >= 0.3 is 0 Å². The molecule has 0 bridgehead atoms. The number of halogens is 1. The van der Waals surface area contributed by atoms with E-state index in [4.69, 9.17) is 0 Å². The van der Waals surface area contributed by atoms with E-state index in [9.17, 15) is 4.79 Å². The van der Waals surface area contributed by atoms with E-state index in [0.717, 1.165) is 41.9 Å². The highest BCUT2D eigenvalue weighted by Crippen LogP contribution is 2.38. The first-order valence-electron chi connectivity index (χ1n) is 6.30. The van der Waals surface area contributed by atoms with Gasteiger partial charge in [0, 0.05) is 35.8 Å². The maximum atomic E-state index is 11.4. The fraction of sp³-hybridized carbons (Fsp3) is 0.538. The maximum Gasteiger partial charge on any atom is 0.220 e. The summed E-state index contributed by atoms with van der Waals surface area (Å²) in [5.41, 5.74) is 0.219. The summed E-state index contributed by atoms with van der Waals surface area (Å²) in [6.45, 7) is 2.87. The van der Waals surface area contributed by atoms with E-state index in [1.807, 2.05) is 6.20 Å². The SMILES string of the molecule is O=C1CC2(CCN(c3ccc(I)cn3)CC2)CN1. The lowest BCUT2D eigenvalue weighted by molar-refractivity contribution is -0.119. The highest BCUT2D eigenvalue weighted by Gasteiger charge is 2.40. The molecule has 4 nitrogen and oxygen atoms in total. The first kappa shape index (κ1) is 12.2. The molecule has 3 heterocycles. The minimum Gasteiger partial charge on any atom is -0.357 e. The lowest BCUT2D eigenvalue weighted by Gasteiger charge is -2.38. The van der Waals surface area contributed by atoms with Gasteiger partial charge in [0.05, 0.1) is 0 Å². The Kier molecular flexibility index (Phi) is 3.17. The van der Waals surface area contributed by atoms with Crippen LogP contribution in [0.3, 0.4) is 0 Å². The van der Waals surface area contributed by atoms with Crippen molar-refractivity contribution in [3.63, 3.8) is 0 Å². The minimum absolute atomic E-state index is 0.218. The van der Waals surface area contributed by atoms with Crippen molar-refractivity contribution in [2.24, 2.45) is 5.41 Å². The average Bonchev–Trinajstić information content (AvgIpc) is 2.73. The molecule has 96 valence electrons. The molecule has 2 aliphatic rings. The van der Waals surface area contributed by atoms with Crippen molar-refractivity contribution in [2.75, 3.05) is 24.5 Å². The molecule has 1 aromatic heterocycles. The first-order valence-corrected chi connectivity index (χ1v) is 7.38. The maximum absolute atomic E-state index is 11.4. The molecule has 0 unspecified atom stereocenters. The summed E-state index contributed by atoms with van der Waals surface area (Å²) in [6, 6.07) is 4.17. The van der Waals surface area contributed by atoms with Crippen LogP contribution in [0.2, 0.25) is 0 Å². The van der Waals surface area contributed by atoms with Crippen molar-refractivity contribution in [3.8, 4) is 0 Å². The smallest absolute Gasteiger partial charge is 0.220 e. The quantitative estimate of drug-likeness (QED) is 0.780. The Bertz CT molecular complexity index is 452. The fourth-order valence-electron chi connectivity index (χ4n) is 2.87. The normalized spacial score (nSPS) is 22.3. The summed E-state index contributed by atoms with van der Waals surface area (Å²) in [5.74, 6) is 1.28. The van der Waals surface area contributed by atoms with E-state index in [2.05, 4.69) is 49.9 Å². The number of nitrogens with zero attached hydrogens (tertiary/aromatic N) is 2. The number of pyridine rings is 1. The summed E-state index contributed by atoms with van der Waals surface area (Å²) in [6.07, 6.45) is 4.78. The number of hydrogen-bond donors (Lipinski definition) is 1. The van der Waals surface area contributed by atoms with Crippen LogP contribution < -0.4 is 10.2 Å². The number of anilines is 1. The van der Waals surface area contributed by atoms with Gasteiger partial charge in [-0.25, -0.2) is 4.98 Å². The third-order valence-corrected chi connectivity index (χ3v) is 4.69. The van der Waals surface area contributed by atoms with E-state index in [0.29, 0.717) is 6.42 Å². The molecule has 1 aromatic rings. The van der Waals surface area contributed by atoms with Crippen LogP contribution in [0, 0.1) is 8.99 Å². The van der Waals surface area contributed by atoms with Crippen molar-refractivity contribution in [1.29, 1.82) is 0 Å². The molecule has 1 amide bonds. The molecule has 3 rings (SSSR count). The number of piperidine rings is 1. The minimum atomic E-state index is 0.218. The summed E-state index contributed by atoms with van der Waals surface area (Å²) < 4.78 is 1.16. The monoisotopic (exact) mass is 357 g/mol. The Labute approximate surface area is 120 Å². The van der Waals surface area contributed by atoms with Crippen LogP contribution in [0.15, 0.2) is 18.3 Å². The third-order valence-electron chi connectivity index (χ3n) is 4.06. The zero-order valence-electron chi connectivity index (χ0n) is 10.2. The van der Waals surface area contributed by atoms with Crippen LogP contribution in [0.5, 0.6) is 0 Å². The molecule has 1 spiro atoms. The van der Waals surface area contributed by atoms with Crippen LogP contribution in [-0.2, 0) is 4.79 Å². The van der Waals surface area contributed by atoms with Crippen molar-refractivity contribution >= 4 is 34.3 Å². The van der Waals surface area contributed by atoms with Crippen molar-refractivity contribution in [2.45, 2.75) is 19.3 Å². The zero-order valence-corrected chi connectivity index (χ0v) is 12.3. The molecule has 2 aliphatic heterocycles. The van der Waals surface area contributed by atoms with Gasteiger partial charge in [0.25, 0.3) is 0 Å². The van der Waals surface area contributed by atoms with Gasteiger partial charge in [-0.15, -0.1) is 0 Å². The van der Waals surface area contributed by atoms with E-state index in [1.165, 1.54) is 0 Å². The van der Waals surface area contributed by atoms with Crippen LogP contribution in [0.1, 0.15) is 19.3 Å². The molecule has 2 fully saturated rings. The third kappa shape index (κ3) is 2.32. The second-order valence-electron chi connectivity index (χ2n) is 5.28. The molecule has 1 N–H and O–H groups in total. The first-order chi connectivity index (χ1) is 8.67. The fourth-order valence-corrected chi connectivity index (χ4v) is 3.19.